The molecule has 0 spiro atoms. The number of phenols is 1. The number of phenolic OH excluding ortho intramolecular Hbond substituents is 1. The number of aromatic hydroxyl groups is 1. The Bertz CT molecular complexity index is 850. The third-order valence-electron chi connectivity index (χ3n) is 6.00. The molecule has 1 aliphatic rings. The van der Waals surface area contributed by atoms with Crippen LogP contribution < -0.4 is 5.73 Å². The van der Waals surface area contributed by atoms with Crippen molar-refractivity contribution in [3.63, 3.8) is 0 Å². The normalized spacial score (nSPS) is 19.2. The van der Waals surface area contributed by atoms with Gasteiger partial charge in [-0.05, 0) is 60.6 Å². The van der Waals surface area contributed by atoms with Gasteiger partial charge in [-0.25, -0.2) is 0 Å². The number of rotatable bonds is 3. The summed E-state index contributed by atoms with van der Waals surface area (Å²) in [4.78, 5) is 8.81. The Morgan fingerprint density at radius 1 is 1.04 bits per heavy atom. The lowest BCUT2D eigenvalue weighted by atomic mass is 9.69. The van der Waals surface area contributed by atoms with E-state index < -0.39 is 0 Å². The van der Waals surface area contributed by atoms with Gasteiger partial charge in [0.15, 0.2) is 0 Å². The molecule has 1 aliphatic carbocycles. The highest BCUT2D eigenvalue weighted by Gasteiger charge is 2.33. The molecule has 0 fully saturated rings. The van der Waals surface area contributed by atoms with Crippen LogP contribution in [0.5, 0.6) is 5.75 Å². The molecule has 0 amide bonds. The number of anilines is 1. The van der Waals surface area contributed by atoms with Crippen LogP contribution in [0.15, 0.2) is 48.0 Å². The summed E-state index contributed by atoms with van der Waals surface area (Å²) in [5.41, 5.74) is 12.7. The van der Waals surface area contributed by atoms with Gasteiger partial charge >= 0.3 is 0 Å². The Labute approximate surface area is 169 Å². The van der Waals surface area contributed by atoms with E-state index in [2.05, 4.69) is 52.8 Å². The molecule has 0 bridgehead atoms. The molecule has 0 heterocycles. The van der Waals surface area contributed by atoms with E-state index in [0.717, 1.165) is 23.1 Å². The summed E-state index contributed by atoms with van der Waals surface area (Å²) in [7, 11) is 0. The van der Waals surface area contributed by atoms with Crippen molar-refractivity contribution in [1.29, 1.82) is 0 Å². The predicted octanol–water partition coefficient (Wildman–Crippen LogP) is 6.29. The number of carbonyl (C=O) groups is 1. The Hall–Kier alpha value is -2.55. The topological polar surface area (TPSA) is 63.3 Å². The molecule has 3 heteroatoms. The number of benzene rings is 2. The monoisotopic (exact) mass is 379 g/mol. The molecule has 3 rings (SSSR count). The summed E-state index contributed by atoms with van der Waals surface area (Å²) in [5, 5.41) is 10.7. The number of nitrogen functional groups attached to an aromatic ring is 1. The third-order valence-corrected chi connectivity index (χ3v) is 6.00. The van der Waals surface area contributed by atoms with Crippen molar-refractivity contribution in [3.05, 3.63) is 59.2 Å². The number of aldehydes is 1. The molecule has 0 saturated carbocycles. The molecule has 3 N–H and O–H groups in total. The van der Waals surface area contributed by atoms with Crippen LogP contribution >= 0.6 is 0 Å². The predicted molar refractivity (Wildman–Crippen MR) is 119 cm³/mol. The summed E-state index contributed by atoms with van der Waals surface area (Å²) in [6.07, 6.45) is 3.12. The molecule has 3 nitrogen and oxygen atoms in total. The van der Waals surface area contributed by atoms with Crippen molar-refractivity contribution >= 4 is 12.0 Å². The van der Waals surface area contributed by atoms with Crippen LogP contribution in [0.4, 0.5) is 5.69 Å². The maximum absolute atomic E-state index is 10.7. The minimum absolute atomic E-state index is 0.250. The number of hydrogen-bond donors (Lipinski definition) is 2. The molecular formula is C25H33NO2. The van der Waals surface area contributed by atoms with Crippen molar-refractivity contribution in [2.75, 3.05) is 5.73 Å². The molecule has 3 atom stereocenters. The van der Waals surface area contributed by atoms with Gasteiger partial charge in [0.1, 0.15) is 12.0 Å². The smallest absolute Gasteiger partial charge is 0.119 e. The summed E-state index contributed by atoms with van der Waals surface area (Å²) >= 11 is 0. The molecule has 28 heavy (non-hydrogen) atoms. The van der Waals surface area contributed by atoms with Gasteiger partial charge in [-0.3, -0.25) is 0 Å². The molecule has 2 aromatic rings. The Morgan fingerprint density at radius 2 is 1.61 bits per heavy atom. The van der Waals surface area contributed by atoms with Gasteiger partial charge in [-0.1, -0.05) is 57.5 Å². The molecule has 0 aromatic heterocycles. The van der Waals surface area contributed by atoms with Crippen LogP contribution in [0.2, 0.25) is 0 Å². The van der Waals surface area contributed by atoms with E-state index in [4.69, 9.17) is 10.5 Å². The minimum atomic E-state index is 0.250. The zero-order valence-corrected chi connectivity index (χ0v) is 17.9. The average molecular weight is 380 g/mol. The summed E-state index contributed by atoms with van der Waals surface area (Å²) in [6.45, 7) is 12.7. The van der Waals surface area contributed by atoms with Crippen LogP contribution in [0.25, 0.3) is 11.1 Å². The standard InChI is InChI=1S/C23H29NO.C2H4O/c1-13(2)15(4)20-12-14(3)16(5)22-19(10-11-21(25)23(20)22)17-6-8-18(24)9-7-17;1-2-3/h6-13,15-16,20,25H,24H2,1-5H3;2H,1H3. The van der Waals surface area contributed by atoms with Crippen molar-refractivity contribution < 1.29 is 9.90 Å². The lowest BCUT2D eigenvalue weighted by Gasteiger charge is -2.35. The molecule has 150 valence electrons. The fourth-order valence-corrected chi connectivity index (χ4v) is 3.92. The van der Waals surface area contributed by atoms with Crippen LogP contribution in [0.3, 0.4) is 0 Å². The Balaban J connectivity index is 0.000000878. The SMILES string of the molecule is CC1=CC(C(C)C(C)C)c2c(O)ccc(-c3ccc(N)cc3)c2C1C.CC=O. The average Bonchev–Trinajstić information content (AvgIpc) is 2.65. The molecule has 0 saturated heterocycles. The Morgan fingerprint density at radius 3 is 2.14 bits per heavy atom. The fourth-order valence-electron chi connectivity index (χ4n) is 3.92. The van der Waals surface area contributed by atoms with E-state index in [-0.39, 0.29) is 5.92 Å². The lowest BCUT2D eigenvalue weighted by Crippen LogP contribution is -2.21. The van der Waals surface area contributed by atoms with Crippen LogP contribution in [0, 0.1) is 11.8 Å². The highest BCUT2D eigenvalue weighted by atomic mass is 16.3. The van der Waals surface area contributed by atoms with Gasteiger partial charge in [-0.15, -0.1) is 0 Å². The van der Waals surface area contributed by atoms with Crippen LogP contribution in [-0.4, -0.2) is 11.4 Å². The van der Waals surface area contributed by atoms with Gasteiger partial charge in [-0.2, -0.15) is 0 Å². The maximum atomic E-state index is 10.7. The second-order valence-electron chi connectivity index (χ2n) is 8.08. The quantitative estimate of drug-likeness (QED) is 0.374. The summed E-state index contributed by atoms with van der Waals surface area (Å²) < 4.78 is 0. The summed E-state index contributed by atoms with van der Waals surface area (Å²) in [5.74, 6) is 1.98. The highest BCUT2D eigenvalue weighted by molar-refractivity contribution is 5.74. The van der Waals surface area contributed by atoms with Crippen molar-refractivity contribution in [2.24, 2.45) is 11.8 Å². The molecule has 2 aromatic carbocycles. The molecule has 3 unspecified atom stereocenters. The maximum Gasteiger partial charge on any atom is 0.119 e. The van der Waals surface area contributed by atoms with Crippen LogP contribution in [-0.2, 0) is 4.79 Å². The first kappa shape index (κ1) is 21.7. The number of hydrogen-bond acceptors (Lipinski definition) is 3. The number of carbonyl (C=O) groups excluding carboxylic acids is 1. The third kappa shape index (κ3) is 4.30. The van der Waals surface area contributed by atoms with Crippen molar-refractivity contribution in [3.8, 4) is 16.9 Å². The van der Waals surface area contributed by atoms with Crippen molar-refractivity contribution in [2.45, 2.75) is 53.4 Å². The zero-order chi connectivity index (χ0) is 21.0. The summed E-state index contributed by atoms with van der Waals surface area (Å²) in [6, 6.07) is 11.9. The second kappa shape index (κ2) is 9.09. The number of fused-ring (bicyclic) bond motifs is 1. The Kier molecular flexibility index (Phi) is 7.06. The highest BCUT2D eigenvalue weighted by Crippen LogP contribution is 2.49. The first-order chi connectivity index (χ1) is 13.2. The zero-order valence-electron chi connectivity index (χ0n) is 17.9. The van der Waals surface area contributed by atoms with Gasteiger partial charge in [0.05, 0.1) is 0 Å². The van der Waals surface area contributed by atoms with E-state index in [1.807, 2.05) is 24.3 Å². The molecular weight excluding hydrogens is 346 g/mol. The van der Waals surface area contributed by atoms with E-state index >= 15 is 0 Å². The first-order valence-electron chi connectivity index (χ1n) is 10.0. The van der Waals surface area contributed by atoms with E-state index in [1.54, 1.807) is 0 Å². The van der Waals surface area contributed by atoms with Crippen molar-refractivity contribution in [1.82, 2.24) is 0 Å². The van der Waals surface area contributed by atoms with Gasteiger partial charge in [0, 0.05) is 23.1 Å². The number of nitrogens with two attached hydrogens (primary N) is 1. The lowest BCUT2D eigenvalue weighted by molar-refractivity contribution is -0.106. The van der Waals surface area contributed by atoms with Gasteiger partial charge < -0.3 is 15.6 Å². The van der Waals surface area contributed by atoms with E-state index in [1.165, 1.54) is 23.6 Å². The largest absolute Gasteiger partial charge is 0.508 e. The second-order valence-corrected chi connectivity index (χ2v) is 8.08. The van der Waals surface area contributed by atoms with E-state index in [9.17, 15) is 5.11 Å². The van der Waals surface area contributed by atoms with Gasteiger partial charge in [0.2, 0.25) is 0 Å². The molecule has 0 aliphatic heterocycles. The fraction of sp³-hybridized carbons (Fsp3) is 0.400. The number of allylic oxidation sites excluding steroid dienone is 2. The van der Waals surface area contributed by atoms with E-state index in [0.29, 0.717) is 23.5 Å². The molecule has 0 radical (unpaired) electrons. The van der Waals surface area contributed by atoms with Crippen LogP contribution in [0.1, 0.15) is 64.5 Å². The first-order valence-corrected chi connectivity index (χ1v) is 10.0. The minimum Gasteiger partial charge on any atom is -0.508 e. The van der Waals surface area contributed by atoms with Gasteiger partial charge in [0.25, 0.3) is 0 Å².